The maximum atomic E-state index is 12.4. The van der Waals surface area contributed by atoms with E-state index in [-0.39, 0.29) is 5.56 Å². The number of nitrogens with two attached hydrogens (primary N) is 1. The van der Waals surface area contributed by atoms with Crippen LogP contribution < -0.4 is 11.3 Å². The minimum Gasteiger partial charge on any atom is -0.399 e. The van der Waals surface area contributed by atoms with Gasteiger partial charge in [0.1, 0.15) is 5.69 Å². The summed E-state index contributed by atoms with van der Waals surface area (Å²) >= 11 is 3.43. The second-order valence-electron chi connectivity index (χ2n) is 4.97. The van der Waals surface area contributed by atoms with Gasteiger partial charge in [-0.25, -0.2) is 4.98 Å². The first kappa shape index (κ1) is 13.8. The van der Waals surface area contributed by atoms with Crippen molar-refractivity contribution in [2.24, 2.45) is 0 Å². The van der Waals surface area contributed by atoms with Crippen molar-refractivity contribution < 1.29 is 0 Å². The Labute approximate surface area is 130 Å². The number of nitrogens with zero attached hydrogens (tertiary/aromatic N) is 2. The number of hydrogen-bond acceptors (Lipinski definition) is 3. The van der Waals surface area contributed by atoms with Gasteiger partial charge in [0.25, 0.3) is 5.56 Å². The summed E-state index contributed by atoms with van der Waals surface area (Å²) < 4.78 is 2.64. The third-order valence-corrected chi connectivity index (χ3v) is 3.79. The van der Waals surface area contributed by atoms with E-state index in [1.807, 2.05) is 42.5 Å². The average molecular weight is 344 g/mol. The van der Waals surface area contributed by atoms with Gasteiger partial charge < -0.3 is 10.3 Å². The topological polar surface area (TPSA) is 60.9 Å². The summed E-state index contributed by atoms with van der Waals surface area (Å²) in [5, 5.41) is 0. The fourth-order valence-corrected chi connectivity index (χ4v) is 2.98. The van der Waals surface area contributed by atoms with E-state index in [0.717, 1.165) is 21.1 Å². The largest absolute Gasteiger partial charge is 0.399 e. The Morgan fingerprint density at radius 1 is 1.24 bits per heavy atom. The first-order chi connectivity index (χ1) is 10.0. The summed E-state index contributed by atoms with van der Waals surface area (Å²) in [5.74, 6) is 0. The highest BCUT2D eigenvalue weighted by atomic mass is 79.9. The Hall–Kier alpha value is -2.14. The molecular weight excluding hydrogens is 330 g/mol. The molecule has 0 atom stereocenters. The zero-order valence-corrected chi connectivity index (χ0v) is 13.1. The van der Waals surface area contributed by atoms with Gasteiger partial charge in [0.15, 0.2) is 0 Å². The van der Waals surface area contributed by atoms with Crippen molar-refractivity contribution in [1.82, 2.24) is 9.55 Å². The highest BCUT2D eigenvalue weighted by Gasteiger charge is 2.08. The molecule has 3 aromatic rings. The lowest BCUT2D eigenvalue weighted by Crippen LogP contribution is -2.24. The number of benzene rings is 2. The molecule has 5 heteroatoms. The van der Waals surface area contributed by atoms with Crippen molar-refractivity contribution in [3.63, 3.8) is 0 Å². The van der Waals surface area contributed by atoms with E-state index in [0.29, 0.717) is 17.9 Å². The van der Waals surface area contributed by atoms with Gasteiger partial charge >= 0.3 is 0 Å². The van der Waals surface area contributed by atoms with Crippen LogP contribution in [0.2, 0.25) is 0 Å². The molecule has 106 valence electrons. The van der Waals surface area contributed by atoms with Crippen LogP contribution in [0.1, 0.15) is 11.3 Å². The number of aromatic nitrogens is 2. The van der Waals surface area contributed by atoms with Crippen LogP contribution >= 0.6 is 15.9 Å². The normalized spacial score (nSPS) is 11.0. The van der Waals surface area contributed by atoms with Crippen LogP contribution in [0.3, 0.4) is 0 Å². The molecule has 1 aromatic heterocycles. The fraction of sp³-hybridized carbons (Fsp3) is 0.125. The second-order valence-corrected chi connectivity index (χ2v) is 5.89. The molecule has 0 unspecified atom stereocenters. The van der Waals surface area contributed by atoms with Crippen LogP contribution in [0.4, 0.5) is 5.69 Å². The number of fused-ring (bicyclic) bond motifs is 1. The van der Waals surface area contributed by atoms with Crippen molar-refractivity contribution in [1.29, 1.82) is 0 Å². The molecule has 21 heavy (non-hydrogen) atoms. The van der Waals surface area contributed by atoms with E-state index < -0.39 is 0 Å². The SMILES string of the molecule is Cc1nc2ccccc2n(Cc2cc(N)cc(Br)c2)c1=O. The van der Waals surface area contributed by atoms with Crippen molar-refractivity contribution in [2.75, 3.05) is 5.73 Å². The maximum absolute atomic E-state index is 12.4. The molecule has 2 aromatic carbocycles. The lowest BCUT2D eigenvalue weighted by Gasteiger charge is -2.12. The van der Waals surface area contributed by atoms with Crippen molar-refractivity contribution in [3.8, 4) is 0 Å². The van der Waals surface area contributed by atoms with E-state index in [9.17, 15) is 4.79 Å². The Morgan fingerprint density at radius 2 is 2.00 bits per heavy atom. The minimum absolute atomic E-state index is 0.0766. The standard InChI is InChI=1S/C16H14BrN3O/c1-10-16(21)20(15-5-3-2-4-14(15)19-10)9-11-6-12(17)8-13(18)7-11/h2-8H,9,18H2,1H3. The van der Waals surface area contributed by atoms with Gasteiger partial charge in [0.05, 0.1) is 17.6 Å². The Balaban J connectivity index is 2.20. The number of nitrogen functional groups attached to an aromatic ring is 1. The number of para-hydroxylation sites is 2. The number of rotatable bonds is 2. The van der Waals surface area contributed by atoms with Gasteiger partial charge in [0.2, 0.25) is 0 Å². The zero-order valence-electron chi connectivity index (χ0n) is 11.5. The second kappa shape index (κ2) is 5.33. The summed E-state index contributed by atoms with van der Waals surface area (Å²) in [7, 11) is 0. The van der Waals surface area contributed by atoms with E-state index >= 15 is 0 Å². The quantitative estimate of drug-likeness (QED) is 0.727. The highest BCUT2D eigenvalue weighted by Crippen LogP contribution is 2.19. The molecule has 0 fully saturated rings. The summed E-state index contributed by atoms with van der Waals surface area (Å²) in [6.07, 6.45) is 0. The lowest BCUT2D eigenvalue weighted by molar-refractivity contribution is 0.776. The van der Waals surface area contributed by atoms with Gasteiger partial charge in [-0.3, -0.25) is 4.79 Å². The lowest BCUT2D eigenvalue weighted by atomic mass is 10.2. The Morgan fingerprint density at radius 3 is 2.76 bits per heavy atom. The van der Waals surface area contributed by atoms with E-state index in [1.165, 1.54) is 0 Å². The molecule has 0 radical (unpaired) electrons. The summed E-state index contributed by atoms with van der Waals surface area (Å²) in [6.45, 7) is 2.20. The predicted molar refractivity (Wildman–Crippen MR) is 88.4 cm³/mol. The van der Waals surface area contributed by atoms with Gasteiger partial charge in [-0.1, -0.05) is 28.1 Å². The first-order valence-corrected chi connectivity index (χ1v) is 7.35. The van der Waals surface area contributed by atoms with Crippen molar-refractivity contribution in [2.45, 2.75) is 13.5 Å². The van der Waals surface area contributed by atoms with Crippen LogP contribution in [0.15, 0.2) is 51.7 Å². The Bertz CT molecular complexity index is 866. The van der Waals surface area contributed by atoms with Crippen molar-refractivity contribution >= 4 is 32.7 Å². The number of aryl methyl sites for hydroxylation is 1. The summed E-state index contributed by atoms with van der Waals surface area (Å²) in [6, 6.07) is 13.3. The molecule has 0 amide bonds. The molecule has 0 spiro atoms. The van der Waals surface area contributed by atoms with Gasteiger partial charge in [-0.15, -0.1) is 0 Å². The number of anilines is 1. The van der Waals surface area contributed by atoms with E-state index in [2.05, 4.69) is 20.9 Å². The molecule has 0 aliphatic heterocycles. The maximum Gasteiger partial charge on any atom is 0.272 e. The van der Waals surface area contributed by atoms with Gasteiger partial charge in [-0.2, -0.15) is 0 Å². The van der Waals surface area contributed by atoms with Gasteiger partial charge in [0, 0.05) is 10.2 Å². The predicted octanol–water partition coefficient (Wildman–Crippen LogP) is 3.10. The van der Waals surface area contributed by atoms with Crippen LogP contribution in [0.5, 0.6) is 0 Å². The van der Waals surface area contributed by atoms with Crippen LogP contribution in [0.25, 0.3) is 11.0 Å². The van der Waals surface area contributed by atoms with Crippen molar-refractivity contribution in [3.05, 3.63) is 68.5 Å². The molecule has 2 N–H and O–H groups in total. The number of hydrogen-bond donors (Lipinski definition) is 1. The molecule has 3 rings (SSSR count). The molecule has 4 nitrogen and oxygen atoms in total. The Kier molecular flexibility index (Phi) is 3.51. The monoisotopic (exact) mass is 343 g/mol. The zero-order chi connectivity index (χ0) is 15.0. The third kappa shape index (κ3) is 2.69. The molecular formula is C16H14BrN3O. The molecule has 0 saturated heterocycles. The first-order valence-electron chi connectivity index (χ1n) is 6.56. The molecule has 1 heterocycles. The smallest absolute Gasteiger partial charge is 0.272 e. The van der Waals surface area contributed by atoms with Gasteiger partial charge in [-0.05, 0) is 42.8 Å². The fourth-order valence-electron chi connectivity index (χ4n) is 2.43. The molecule has 0 saturated carbocycles. The molecule has 0 aliphatic rings. The molecule has 0 aliphatic carbocycles. The summed E-state index contributed by atoms with van der Waals surface area (Å²) in [5.41, 5.74) is 9.57. The van der Waals surface area contributed by atoms with E-state index in [1.54, 1.807) is 11.5 Å². The van der Waals surface area contributed by atoms with Crippen LogP contribution in [-0.2, 0) is 6.54 Å². The average Bonchev–Trinajstić information content (AvgIpc) is 2.43. The summed E-state index contributed by atoms with van der Waals surface area (Å²) in [4.78, 5) is 16.8. The van der Waals surface area contributed by atoms with Crippen LogP contribution in [0, 0.1) is 6.92 Å². The highest BCUT2D eigenvalue weighted by molar-refractivity contribution is 9.10. The molecule has 0 bridgehead atoms. The van der Waals surface area contributed by atoms with E-state index in [4.69, 9.17) is 5.73 Å². The minimum atomic E-state index is -0.0766. The number of halogens is 1. The third-order valence-electron chi connectivity index (χ3n) is 3.34. The van der Waals surface area contributed by atoms with Crippen LogP contribution in [-0.4, -0.2) is 9.55 Å².